The molecule has 1 aromatic carbocycles. The third kappa shape index (κ3) is 2.49. The highest BCUT2D eigenvalue weighted by Crippen LogP contribution is 2.11. The van der Waals surface area contributed by atoms with Gasteiger partial charge in [-0.25, -0.2) is 4.79 Å². The molecule has 0 fully saturated rings. The van der Waals surface area contributed by atoms with Crippen LogP contribution in [0.15, 0.2) is 24.3 Å². The Morgan fingerprint density at radius 2 is 2.15 bits per heavy atom. The quantitative estimate of drug-likeness (QED) is 0.823. The van der Waals surface area contributed by atoms with Gasteiger partial charge < -0.3 is 0 Å². The number of aromatic nitrogens is 3. The van der Waals surface area contributed by atoms with Gasteiger partial charge in [0.2, 0.25) is 5.91 Å². The molecule has 7 heteroatoms. The fourth-order valence-corrected chi connectivity index (χ4v) is 1.70. The van der Waals surface area contributed by atoms with Gasteiger partial charge in [-0.2, -0.15) is 9.94 Å². The second-order valence-corrected chi connectivity index (χ2v) is 4.46. The Kier molecular flexibility index (Phi) is 3.75. The SMILES string of the molecule is CC(C#N)CC(=O)N(C)C(=O)n1nnc2ccccc21. The lowest BCUT2D eigenvalue weighted by Crippen LogP contribution is -2.37. The molecule has 1 unspecified atom stereocenters. The van der Waals surface area contributed by atoms with Crippen molar-refractivity contribution in [3.63, 3.8) is 0 Å². The predicted molar refractivity (Wildman–Crippen MR) is 70.5 cm³/mol. The molecule has 0 bridgehead atoms. The molecule has 0 saturated carbocycles. The molecule has 1 heterocycles. The molecule has 7 nitrogen and oxygen atoms in total. The number of hydrogen-bond acceptors (Lipinski definition) is 5. The van der Waals surface area contributed by atoms with Crippen molar-refractivity contribution in [3.8, 4) is 6.07 Å². The van der Waals surface area contributed by atoms with E-state index >= 15 is 0 Å². The molecule has 20 heavy (non-hydrogen) atoms. The van der Waals surface area contributed by atoms with Crippen molar-refractivity contribution in [2.45, 2.75) is 13.3 Å². The Balaban J connectivity index is 2.23. The molecule has 0 N–H and O–H groups in total. The fraction of sp³-hybridized carbons (Fsp3) is 0.308. The van der Waals surface area contributed by atoms with Gasteiger partial charge in [0.15, 0.2) is 0 Å². The topological polar surface area (TPSA) is 91.9 Å². The minimum atomic E-state index is -0.589. The molecule has 0 aliphatic heterocycles. The van der Waals surface area contributed by atoms with Crippen LogP contribution in [0.25, 0.3) is 11.0 Å². The Morgan fingerprint density at radius 3 is 2.85 bits per heavy atom. The van der Waals surface area contributed by atoms with Crippen LogP contribution in [0.5, 0.6) is 0 Å². The van der Waals surface area contributed by atoms with Gasteiger partial charge in [-0.3, -0.25) is 9.69 Å². The summed E-state index contributed by atoms with van der Waals surface area (Å²) in [5.41, 5.74) is 1.11. The molecule has 0 radical (unpaired) electrons. The summed E-state index contributed by atoms with van der Waals surface area (Å²) in [4.78, 5) is 25.0. The summed E-state index contributed by atoms with van der Waals surface area (Å²) in [6.07, 6.45) is -0.00856. The lowest BCUT2D eigenvalue weighted by atomic mass is 10.1. The van der Waals surface area contributed by atoms with Crippen molar-refractivity contribution in [2.24, 2.45) is 5.92 Å². The molecule has 1 aromatic heterocycles. The molecule has 2 amide bonds. The van der Waals surface area contributed by atoms with Gasteiger partial charge in [0.05, 0.1) is 17.5 Å². The molecule has 2 aromatic rings. The van der Waals surface area contributed by atoms with E-state index in [-0.39, 0.29) is 6.42 Å². The lowest BCUT2D eigenvalue weighted by Gasteiger charge is -2.15. The zero-order chi connectivity index (χ0) is 14.7. The van der Waals surface area contributed by atoms with Crippen LogP contribution < -0.4 is 0 Å². The maximum atomic E-state index is 12.2. The highest BCUT2D eigenvalue weighted by molar-refractivity contribution is 5.98. The molecule has 102 valence electrons. The van der Waals surface area contributed by atoms with Crippen molar-refractivity contribution in [3.05, 3.63) is 24.3 Å². The van der Waals surface area contributed by atoms with E-state index in [0.29, 0.717) is 11.0 Å². The Bertz CT molecular complexity index is 700. The average molecular weight is 271 g/mol. The Labute approximate surface area is 115 Å². The Morgan fingerprint density at radius 1 is 1.45 bits per heavy atom. The monoisotopic (exact) mass is 271 g/mol. The molecule has 0 spiro atoms. The van der Waals surface area contributed by atoms with E-state index in [1.165, 1.54) is 7.05 Å². The van der Waals surface area contributed by atoms with Crippen molar-refractivity contribution in [1.82, 2.24) is 19.9 Å². The van der Waals surface area contributed by atoms with Gasteiger partial charge in [-0.05, 0) is 19.1 Å². The van der Waals surface area contributed by atoms with Crippen LogP contribution in [-0.2, 0) is 4.79 Å². The first-order valence-corrected chi connectivity index (χ1v) is 6.05. The van der Waals surface area contributed by atoms with Crippen LogP contribution in [0.4, 0.5) is 4.79 Å². The van der Waals surface area contributed by atoms with Gasteiger partial charge in [0.25, 0.3) is 0 Å². The predicted octanol–water partition coefficient (Wildman–Crippen LogP) is 1.41. The van der Waals surface area contributed by atoms with Crippen molar-refractivity contribution in [1.29, 1.82) is 5.26 Å². The number of benzene rings is 1. The van der Waals surface area contributed by atoms with Crippen molar-refractivity contribution >= 4 is 23.0 Å². The summed E-state index contributed by atoms with van der Waals surface area (Å²) in [6, 6.07) is 8.34. The first-order valence-electron chi connectivity index (χ1n) is 6.05. The third-order valence-electron chi connectivity index (χ3n) is 2.90. The summed E-state index contributed by atoms with van der Waals surface area (Å²) >= 11 is 0. The summed E-state index contributed by atoms with van der Waals surface area (Å²) in [6.45, 7) is 1.63. The van der Waals surface area contributed by atoms with E-state index in [9.17, 15) is 9.59 Å². The first kappa shape index (κ1) is 13.7. The minimum absolute atomic E-state index is 0.00856. The van der Waals surface area contributed by atoms with Gasteiger partial charge in [0, 0.05) is 13.5 Å². The summed E-state index contributed by atoms with van der Waals surface area (Å²) in [5.74, 6) is -0.867. The van der Waals surface area contributed by atoms with E-state index in [1.807, 2.05) is 6.07 Å². The van der Waals surface area contributed by atoms with Crippen LogP contribution in [-0.4, -0.2) is 38.9 Å². The number of carbonyl (C=O) groups excluding carboxylic acids is 2. The van der Waals surface area contributed by atoms with Crippen LogP contribution in [0.3, 0.4) is 0 Å². The summed E-state index contributed by atoms with van der Waals surface area (Å²) < 4.78 is 1.07. The molecule has 0 aliphatic rings. The zero-order valence-corrected chi connectivity index (χ0v) is 11.1. The molecule has 0 aliphatic carbocycles. The third-order valence-corrected chi connectivity index (χ3v) is 2.90. The molecular weight excluding hydrogens is 258 g/mol. The maximum absolute atomic E-state index is 12.2. The fourth-order valence-electron chi connectivity index (χ4n) is 1.70. The highest BCUT2D eigenvalue weighted by Gasteiger charge is 2.22. The zero-order valence-electron chi connectivity index (χ0n) is 11.1. The van der Waals surface area contributed by atoms with Crippen LogP contribution in [0, 0.1) is 17.2 Å². The molecule has 2 rings (SSSR count). The van der Waals surface area contributed by atoms with Crippen LogP contribution >= 0.6 is 0 Å². The number of rotatable bonds is 2. The van der Waals surface area contributed by atoms with Crippen LogP contribution in [0.1, 0.15) is 13.3 Å². The second kappa shape index (κ2) is 5.48. The number of para-hydroxylation sites is 1. The van der Waals surface area contributed by atoms with Gasteiger partial charge in [0.1, 0.15) is 5.52 Å². The van der Waals surface area contributed by atoms with Gasteiger partial charge in [-0.15, -0.1) is 5.10 Å². The number of carbonyl (C=O) groups is 2. The van der Waals surface area contributed by atoms with E-state index in [1.54, 1.807) is 31.2 Å². The van der Waals surface area contributed by atoms with E-state index in [4.69, 9.17) is 5.26 Å². The van der Waals surface area contributed by atoms with E-state index in [0.717, 1.165) is 9.58 Å². The normalized spacial score (nSPS) is 11.8. The molecule has 1 atom stereocenters. The average Bonchev–Trinajstić information content (AvgIpc) is 2.89. The first-order chi connectivity index (χ1) is 9.54. The number of amides is 2. The number of nitrogens with zero attached hydrogens (tertiary/aromatic N) is 5. The largest absolute Gasteiger partial charge is 0.353 e. The lowest BCUT2D eigenvalue weighted by molar-refractivity contribution is -0.127. The number of imide groups is 1. The maximum Gasteiger partial charge on any atom is 0.353 e. The highest BCUT2D eigenvalue weighted by atomic mass is 16.2. The smallest absolute Gasteiger partial charge is 0.274 e. The Hall–Kier alpha value is -2.75. The minimum Gasteiger partial charge on any atom is -0.274 e. The summed E-state index contributed by atoms with van der Waals surface area (Å²) in [7, 11) is 1.37. The molecule has 0 saturated heterocycles. The van der Waals surface area contributed by atoms with Crippen LogP contribution in [0.2, 0.25) is 0 Å². The standard InChI is InChI=1S/C13H13N5O2/c1-9(8-14)7-12(19)17(2)13(20)18-11-6-4-3-5-10(11)15-16-18/h3-6,9H,7H2,1-2H3. The second-order valence-electron chi connectivity index (χ2n) is 4.46. The van der Waals surface area contributed by atoms with Crippen molar-refractivity contribution < 1.29 is 9.59 Å². The number of fused-ring (bicyclic) bond motifs is 1. The van der Waals surface area contributed by atoms with E-state index in [2.05, 4.69) is 10.3 Å². The summed E-state index contributed by atoms with van der Waals surface area (Å²) in [5, 5.41) is 16.3. The van der Waals surface area contributed by atoms with E-state index < -0.39 is 17.9 Å². The van der Waals surface area contributed by atoms with Crippen molar-refractivity contribution in [2.75, 3.05) is 7.05 Å². The number of hydrogen-bond donors (Lipinski definition) is 0. The van der Waals surface area contributed by atoms with Gasteiger partial charge >= 0.3 is 6.03 Å². The molecular formula is C13H13N5O2. The van der Waals surface area contributed by atoms with Gasteiger partial charge in [-0.1, -0.05) is 17.3 Å². The number of nitriles is 1.